The van der Waals surface area contributed by atoms with E-state index in [1.807, 2.05) is 13.0 Å². The number of ether oxygens (including phenoxy) is 5. The quantitative estimate of drug-likeness (QED) is 0.0775. The maximum atomic E-state index is 13.1. The van der Waals surface area contributed by atoms with Gasteiger partial charge in [-0.3, -0.25) is 10.4 Å². The summed E-state index contributed by atoms with van der Waals surface area (Å²) in [6, 6.07) is 21.6. The number of aliphatic imine (C=N–C) groups is 3. The molecule has 0 amide bonds. The van der Waals surface area contributed by atoms with Crippen molar-refractivity contribution in [2.24, 2.45) is 20.9 Å². The first kappa shape index (κ1) is 44.8. The topological polar surface area (TPSA) is 288 Å². The highest BCUT2D eigenvalue weighted by molar-refractivity contribution is 6.14. The summed E-state index contributed by atoms with van der Waals surface area (Å²) in [5.41, 5.74) is -2.15. The zero-order chi connectivity index (χ0) is 47.2. The molecule has 2 bridgehead atoms. The molecule has 0 spiro atoms. The molecule has 4 aliphatic heterocycles. The van der Waals surface area contributed by atoms with Gasteiger partial charge in [-0.05, 0) is 76.5 Å². The molecule has 0 saturated carbocycles. The molecular formula is C49H47N4O14+. The van der Waals surface area contributed by atoms with Gasteiger partial charge in [0.25, 0.3) is 0 Å². The summed E-state index contributed by atoms with van der Waals surface area (Å²) in [7, 11) is 0. The van der Waals surface area contributed by atoms with Gasteiger partial charge in [-0.1, -0.05) is 61.0 Å². The van der Waals surface area contributed by atoms with Crippen molar-refractivity contribution in [3.05, 3.63) is 137 Å². The number of amidine groups is 1. The van der Waals surface area contributed by atoms with E-state index >= 15 is 0 Å². The van der Waals surface area contributed by atoms with Gasteiger partial charge >= 0.3 is 11.8 Å². The van der Waals surface area contributed by atoms with Crippen LogP contribution >= 0.6 is 0 Å². The number of phenolic OH excluding ortho intramolecular Hbond substituents is 2. The second-order valence-corrected chi connectivity index (χ2v) is 16.7. The summed E-state index contributed by atoms with van der Waals surface area (Å²) in [5, 5.41) is 97.9. The molecule has 9 rings (SSSR count). The normalized spacial score (nSPS) is 26.4. The molecule has 67 heavy (non-hydrogen) atoms. The average Bonchev–Trinajstić information content (AvgIpc) is 4.00. The highest BCUT2D eigenvalue weighted by Crippen LogP contribution is 2.54. The molecule has 4 aromatic rings. The van der Waals surface area contributed by atoms with Gasteiger partial charge in [0.15, 0.2) is 35.0 Å². The van der Waals surface area contributed by atoms with Crippen LogP contribution in [0.15, 0.2) is 124 Å². The number of benzene rings is 4. The van der Waals surface area contributed by atoms with E-state index in [1.54, 1.807) is 72.8 Å². The van der Waals surface area contributed by atoms with Crippen LogP contribution in [-0.4, -0.2) is 119 Å². The molecule has 4 aromatic carbocycles. The molecule has 1 saturated heterocycles. The molecular weight excluding hydrogens is 869 g/mol. The predicted octanol–water partition coefficient (Wildman–Crippen LogP) is 2.47. The number of hydrogen-bond donors (Lipinski definition) is 9. The number of aromatic hydroxyl groups is 2. The molecule has 1 fully saturated rings. The highest BCUT2D eigenvalue weighted by Gasteiger charge is 2.71. The zero-order valence-corrected chi connectivity index (χ0v) is 35.8. The molecule has 0 radical (unpaired) electrons. The van der Waals surface area contributed by atoms with Crippen molar-refractivity contribution in [3.8, 4) is 34.5 Å². The Morgan fingerprint density at radius 2 is 1.73 bits per heavy atom. The number of carbonyl (C=O) groups is 1. The Labute approximate surface area is 382 Å². The Balaban J connectivity index is 1.08. The van der Waals surface area contributed by atoms with Gasteiger partial charge in [0.2, 0.25) is 12.0 Å². The molecule has 10 N–H and O–H groups in total. The van der Waals surface area contributed by atoms with E-state index in [1.165, 1.54) is 30.6 Å². The molecule has 1 unspecified atom stereocenters. The first-order valence-electron chi connectivity index (χ1n) is 21.4. The van der Waals surface area contributed by atoms with E-state index in [0.29, 0.717) is 34.6 Å². The third-order valence-electron chi connectivity index (χ3n) is 12.3. The third kappa shape index (κ3) is 8.40. The molecule has 1 aliphatic carbocycles. The zero-order valence-electron chi connectivity index (χ0n) is 35.8. The Morgan fingerprint density at radius 3 is 2.42 bits per heavy atom. The third-order valence-corrected chi connectivity index (χ3v) is 12.3. The number of aliphatic hydroxyl groups excluding tert-OH is 3. The molecule has 346 valence electrons. The number of aliphatic hydroxyl groups is 5. The molecule has 18 nitrogen and oxygen atoms in total. The Hall–Kier alpha value is -7.35. The predicted molar refractivity (Wildman–Crippen MR) is 241 cm³/mol. The maximum Gasteiger partial charge on any atom is 0.336 e. The second kappa shape index (κ2) is 17.8. The number of aliphatic carboxylic acids is 1. The van der Waals surface area contributed by atoms with Crippen molar-refractivity contribution >= 4 is 35.3 Å². The van der Waals surface area contributed by atoms with Crippen molar-refractivity contribution in [2.45, 2.75) is 68.3 Å². The van der Waals surface area contributed by atoms with Crippen molar-refractivity contribution in [1.82, 2.24) is 0 Å². The van der Waals surface area contributed by atoms with Gasteiger partial charge in [-0.25, -0.2) is 9.79 Å². The van der Waals surface area contributed by atoms with Gasteiger partial charge in [0, 0.05) is 18.2 Å². The van der Waals surface area contributed by atoms with Crippen LogP contribution in [0, 0.1) is 5.92 Å². The fraction of sp³-hybridized carbons (Fsp3) is 0.286. The number of phenols is 2. The number of nitrogens with zero attached hydrogens (tertiary/aromatic N) is 3. The maximum absolute atomic E-state index is 13.1. The average molecular weight is 916 g/mol. The minimum Gasteiger partial charge on any atom is -0.508 e. The summed E-state index contributed by atoms with van der Waals surface area (Å²) in [5.74, 6) is -4.38. The van der Waals surface area contributed by atoms with Crippen LogP contribution in [0.5, 0.6) is 34.5 Å². The number of carboxylic acids is 1. The largest absolute Gasteiger partial charge is 0.508 e. The minimum absolute atomic E-state index is 0.0152. The van der Waals surface area contributed by atoms with Crippen molar-refractivity contribution < 1.29 is 74.7 Å². The van der Waals surface area contributed by atoms with Crippen LogP contribution in [0.3, 0.4) is 0 Å². The number of fused-ring (bicyclic) bond motifs is 3. The van der Waals surface area contributed by atoms with Crippen LogP contribution in [0.4, 0.5) is 0 Å². The lowest BCUT2D eigenvalue weighted by molar-refractivity contribution is -0.338. The summed E-state index contributed by atoms with van der Waals surface area (Å²) >= 11 is 0. The Morgan fingerprint density at radius 1 is 0.970 bits per heavy atom. The number of carboxylic acid groups (broad SMARTS) is 1. The van der Waals surface area contributed by atoms with Crippen LogP contribution in [0.1, 0.15) is 40.8 Å². The van der Waals surface area contributed by atoms with Gasteiger partial charge < -0.3 is 64.5 Å². The van der Waals surface area contributed by atoms with E-state index in [0.717, 1.165) is 11.1 Å². The lowest BCUT2D eigenvalue weighted by Crippen LogP contribution is -2.79. The Kier molecular flexibility index (Phi) is 11.9. The smallest absolute Gasteiger partial charge is 0.336 e. The second-order valence-electron chi connectivity index (χ2n) is 16.7. The monoisotopic (exact) mass is 915 g/mol. The molecule has 18 heteroatoms. The molecule has 8 atom stereocenters. The summed E-state index contributed by atoms with van der Waals surface area (Å²) in [6.45, 7) is 1.50. The van der Waals surface area contributed by atoms with Crippen LogP contribution in [-0.2, 0) is 29.0 Å². The van der Waals surface area contributed by atoms with Crippen molar-refractivity contribution in [1.29, 1.82) is 0 Å². The highest BCUT2D eigenvalue weighted by atomic mass is 16.7. The standard InChI is InChI=1S/C49H46N4O14/c1-2-25-14-27(17-30(54)16-25)22-64-43-38(19-37-40(42(43)57)34(55)18-36(65-37)28-8-10-31(11-9-28)63-23-35(56)32-12-13-39(50)53-32)66-47-48(61)20-29(15-26-6-4-3-5-7-26)41(33-21-51-24-52-33)49(62,46(48)60)44(67-47)45(58)59/h3-14,16-20,24,35-36,41,44,46-47,50,54-57,60-62H,2,15,21-23H2,1H3,(H,58,59)/p+1/t35-,36?,41+,44+,46-,47+,48+,49+/m0/s1. The number of nitrogens with two attached hydrogens (primary N) is 1. The van der Waals surface area contributed by atoms with E-state index in [9.17, 15) is 45.6 Å². The van der Waals surface area contributed by atoms with Crippen LogP contribution in [0.25, 0.3) is 5.76 Å². The first-order chi connectivity index (χ1) is 32.2. The molecule has 5 aliphatic rings. The lowest BCUT2D eigenvalue weighted by atomic mass is 9.60. The number of aryl methyl sites for hydroxylation is 1. The van der Waals surface area contributed by atoms with Crippen molar-refractivity contribution in [2.75, 3.05) is 13.2 Å². The van der Waals surface area contributed by atoms with Crippen LogP contribution in [0.2, 0.25) is 0 Å². The van der Waals surface area contributed by atoms with E-state index < -0.39 is 76.8 Å². The van der Waals surface area contributed by atoms with Gasteiger partial charge in [0.05, 0.1) is 18.2 Å². The summed E-state index contributed by atoms with van der Waals surface area (Å²) in [4.78, 5) is 25.6. The SMILES string of the molecule is CCc1cc(O)cc(COc2c(O[C@@H]3O[C@H](C(=O)O)[C@]4(O)[C@@H](C5=NC=NC5)C(Cc5ccccc5)=C[C@@]3(O)[C@@H]4O)cc3c(c2O)C(O)=CC(c2ccc(OC[C@H](O)C4=NC(=[NH2+])C=C4)cc2)O3)c1. The summed E-state index contributed by atoms with van der Waals surface area (Å²) < 4.78 is 30.6. The molecule has 0 aromatic heterocycles. The lowest BCUT2D eigenvalue weighted by Gasteiger charge is -2.57. The molecule has 4 heterocycles. The van der Waals surface area contributed by atoms with Gasteiger partial charge in [-0.2, -0.15) is 0 Å². The van der Waals surface area contributed by atoms with E-state index in [-0.39, 0.29) is 54.8 Å². The number of hydrogen-bond acceptors (Lipinski definition) is 15. The van der Waals surface area contributed by atoms with Crippen molar-refractivity contribution in [3.63, 3.8) is 0 Å². The van der Waals surface area contributed by atoms with E-state index in [2.05, 4.69) is 15.0 Å². The van der Waals surface area contributed by atoms with Gasteiger partial charge in [-0.15, -0.1) is 0 Å². The van der Waals surface area contributed by atoms with E-state index in [4.69, 9.17) is 29.1 Å². The number of rotatable bonds is 15. The first-order valence-corrected chi connectivity index (χ1v) is 21.4. The fourth-order valence-electron chi connectivity index (χ4n) is 9.05. The Bertz CT molecular complexity index is 2810. The fourth-order valence-corrected chi connectivity index (χ4v) is 9.05. The minimum atomic E-state index is -2.71. The van der Waals surface area contributed by atoms with Gasteiger partial charge in [0.1, 0.15) is 65.9 Å². The van der Waals surface area contributed by atoms with Crippen LogP contribution < -0.4 is 24.4 Å². The summed E-state index contributed by atoms with van der Waals surface area (Å²) in [6.07, 6.45) is -0.895.